The summed E-state index contributed by atoms with van der Waals surface area (Å²) in [6.07, 6.45) is 2.28. The van der Waals surface area contributed by atoms with Crippen LogP contribution in [0.5, 0.6) is 0 Å². The first kappa shape index (κ1) is 18.7. The number of carbonyl (C=O) groups is 3. The lowest BCUT2D eigenvalue weighted by molar-refractivity contribution is -0.117. The van der Waals surface area contributed by atoms with E-state index in [4.69, 9.17) is 9.52 Å². The first-order chi connectivity index (χ1) is 12.9. The summed E-state index contributed by atoms with van der Waals surface area (Å²) in [6, 6.07) is 8.19. The fourth-order valence-electron chi connectivity index (χ4n) is 2.78. The van der Waals surface area contributed by atoms with Crippen LogP contribution in [0, 0.1) is 5.92 Å². The van der Waals surface area contributed by atoms with Crippen LogP contribution in [-0.4, -0.2) is 22.9 Å². The van der Waals surface area contributed by atoms with Crippen molar-refractivity contribution in [3.8, 4) is 0 Å². The van der Waals surface area contributed by atoms with E-state index >= 15 is 0 Å². The quantitative estimate of drug-likeness (QED) is 0.692. The molecular weight excluding hydrogens is 348 g/mol. The fraction of sp³-hybridized carbons (Fsp3) is 0.350. The first-order valence-corrected chi connectivity index (χ1v) is 8.96. The third-order valence-electron chi connectivity index (χ3n) is 4.56. The predicted molar refractivity (Wildman–Crippen MR) is 98.7 cm³/mol. The van der Waals surface area contributed by atoms with E-state index in [1.165, 1.54) is 6.07 Å². The molecule has 1 heterocycles. The summed E-state index contributed by atoms with van der Waals surface area (Å²) in [4.78, 5) is 35.3. The van der Waals surface area contributed by atoms with Crippen molar-refractivity contribution < 1.29 is 23.9 Å². The van der Waals surface area contributed by atoms with Crippen molar-refractivity contribution in [1.82, 2.24) is 5.32 Å². The molecule has 1 saturated carbocycles. The number of benzene rings is 1. The maximum absolute atomic E-state index is 12.4. The third kappa shape index (κ3) is 4.36. The van der Waals surface area contributed by atoms with Crippen LogP contribution in [0.15, 0.2) is 34.7 Å². The van der Waals surface area contributed by atoms with Gasteiger partial charge in [0.1, 0.15) is 11.3 Å². The number of aromatic carboxylic acids is 1. The average molecular weight is 370 g/mol. The minimum Gasteiger partial charge on any atom is -0.478 e. The molecule has 1 aromatic carbocycles. The van der Waals surface area contributed by atoms with Crippen LogP contribution < -0.4 is 10.6 Å². The standard InChI is InChI=1S/C20H22N2O5/c1-3-16-15(20(25)26)10-17(27-16)19(24)21-11(2)12-6-8-14(9-7-12)22-18(23)13-4-5-13/h6-11,13H,3-5H2,1-2H3,(H,21,24)(H,22,23)(H,25,26). The van der Waals surface area contributed by atoms with Crippen molar-refractivity contribution in [2.24, 2.45) is 5.92 Å². The van der Waals surface area contributed by atoms with E-state index in [2.05, 4.69) is 10.6 Å². The molecule has 1 aliphatic carbocycles. The van der Waals surface area contributed by atoms with E-state index in [0.29, 0.717) is 6.42 Å². The van der Waals surface area contributed by atoms with Gasteiger partial charge in [-0.2, -0.15) is 0 Å². The second-order valence-electron chi connectivity index (χ2n) is 6.69. The minimum absolute atomic E-state index is 0.00561. The van der Waals surface area contributed by atoms with Crippen LogP contribution >= 0.6 is 0 Å². The van der Waals surface area contributed by atoms with Gasteiger partial charge in [0.25, 0.3) is 5.91 Å². The molecule has 2 aromatic rings. The third-order valence-corrected chi connectivity index (χ3v) is 4.56. The molecule has 1 aliphatic rings. The van der Waals surface area contributed by atoms with Gasteiger partial charge in [-0.25, -0.2) is 4.79 Å². The molecule has 0 aliphatic heterocycles. The molecule has 1 fully saturated rings. The highest BCUT2D eigenvalue weighted by molar-refractivity contribution is 5.96. The van der Waals surface area contributed by atoms with Crippen molar-refractivity contribution in [1.29, 1.82) is 0 Å². The number of furan rings is 1. The van der Waals surface area contributed by atoms with Crippen molar-refractivity contribution in [2.45, 2.75) is 39.2 Å². The Morgan fingerprint density at radius 1 is 1.22 bits per heavy atom. The number of hydrogen-bond donors (Lipinski definition) is 3. The van der Waals surface area contributed by atoms with E-state index in [1.807, 2.05) is 19.1 Å². The first-order valence-electron chi connectivity index (χ1n) is 8.96. The summed E-state index contributed by atoms with van der Waals surface area (Å²) in [6.45, 7) is 3.58. The fourth-order valence-corrected chi connectivity index (χ4v) is 2.78. The monoisotopic (exact) mass is 370 g/mol. The zero-order valence-electron chi connectivity index (χ0n) is 15.2. The van der Waals surface area contributed by atoms with Gasteiger partial charge in [0, 0.05) is 24.1 Å². The largest absolute Gasteiger partial charge is 0.478 e. The van der Waals surface area contributed by atoms with Crippen molar-refractivity contribution in [3.63, 3.8) is 0 Å². The lowest BCUT2D eigenvalue weighted by atomic mass is 10.1. The Morgan fingerprint density at radius 3 is 2.41 bits per heavy atom. The van der Waals surface area contributed by atoms with E-state index in [0.717, 1.165) is 24.1 Å². The Bertz CT molecular complexity index is 865. The molecule has 3 N–H and O–H groups in total. The van der Waals surface area contributed by atoms with Gasteiger partial charge in [-0.05, 0) is 37.5 Å². The number of nitrogens with one attached hydrogen (secondary N) is 2. The van der Waals surface area contributed by atoms with Crippen LogP contribution in [0.4, 0.5) is 5.69 Å². The Balaban J connectivity index is 1.64. The summed E-state index contributed by atoms with van der Waals surface area (Å²) in [5.74, 6) is -1.16. The van der Waals surface area contributed by atoms with E-state index in [-0.39, 0.29) is 35.0 Å². The van der Waals surface area contributed by atoms with Crippen LogP contribution in [0.2, 0.25) is 0 Å². The number of amides is 2. The summed E-state index contributed by atoms with van der Waals surface area (Å²) in [5.41, 5.74) is 1.58. The van der Waals surface area contributed by atoms with Gasteiger partial charge in [-0.15, -0.1) is 0 Å². The molecule has 0 bridgehead atoms. The summed E-state index contributed by atoms with van der Waals surface area (Å²) < 4.78 is 5.37. The van der Waals surface area contributed by atoms with E-state index < -0.39 is 11.9 Å². The number of carboxylic acid groups (broad SMARTS) is 1. The highest BCUT2D eigenvalue weighted by atomic mass is 16.4. The SMILES string of the molecule is CCc1oc(C(=O)NC(C)c2ccc(NC(=O)C3CC3)cc2)cc1C(=O)O. The zero-order valence-corrected chi connectivity index (χ0v) is 15.2. The number of rotatable bonds is 7. The molecule has 27 heavy (non-hydrogen) atoms. The second-order valence-corrected chi connectivity index (χ2v) is 6.69. The maximum Gasteiger partial charge on any atom is 0.339 e. The van der Waals surface area contributed by atoms with Gasteiger partial charge < -0.3 is 20.2 Å². The molecule has 1 atom stereocenters. The highest BCUT2D eigenvalue weighted by Gasteiger charge is 2.29. The normalized spacial score (nSPS) is 14.4. The molecule has 3 rings (SSSR count). The van der Waals surface area contributed by atoms with Gasteiger partial charge in [0.05, 0.1) is 6.04 Å². The minimum atomic E-state index is -1.12. The van der Waals surface area contributed by atoms with Gasteiger partial charge in [-0.1, -0.05) is 19.1 Å². The summed E-state index contributed by atoms with van der Waals surface area (Å²) >= 11 is 0. The van der Waals surface area contributed by atoms with Crippen LogP contribution in [-0.2, 0) is 11.2 Å². The zero-order chi connectivity index (χ0) is 19.6. The smallest absolute Gasteiger partial charge is 0.339 e. The summed E-state index contributed by atoms with van der Waals surface area (Å²) in [5, 5.41) is 14.8. The Hall–Kier alpha value is -3.09. The van der Waals surface area contributed by atoms with Crippen LogP contribution in [0.1, 0.15) is 65.0 Å². The Morgan fingerprint density at radius 2 is 1.89 bits per heavy atom. The number of aryl methyl sites for hydroxylation is 1. The van der Waals surface area contributed by atoms with Gasteiger partial charge in [0.15, 0.2) is 5.76 Å². The molecular formula is C20H22N2O5. The number of carboxylic acids is 1. The molecule has 7 nitrogen and oxygen atoms in total. The highest BCUT2D eigenvalue weighted by Crippen LogP contribution is 2.30. The average Bonchev–Trinajstić information content (AvgIpc) is 3.40. The molecule has 2 amide bonds. The topological polar surface area (TPSA) is 109 Å². The lowest BCUT2D eigenvalue weighted by Gasteiger charge is -2.14. The second kappa shape index (κ2) is 7.65. The van der Waals surface area contributed by atoms with Gasteiger partial charge in [-0.3, -0.25) is 9.59 Å². The van der Waals surface area contributed by atoms with Crippen LogP contribution in [0.25, 0.3) is 0 Å². The maximum atomic E-state index is 12.4. The van der Waals surface area contributed by atoms with Crippen molar-refractivity contribution >= 4 is 23.5 Å². The van der Waals surface area contributed by atoms with Crippen molar-refractivity contribution in [2.75, 3.05) is 5.32 Å². The molecule has 0 saturated heterocycles. The molecule has 7 heteroatoms. The Labute approximate surface area is 156 Å². The molecule has 1 unspecified atom stereocenters. The van der Waals surface area contributed by atoms with Gasteiger partial charge in [0.2, 0.25) is 5.91 Å². The number of carbonyl (C=O) groups excluding carboxylic acids is 2. The van der Waals surface area contributed by atoms with E-state index in [9.17, 15) is 14.4 Å². The summed E-state index contributed by atoms with van der Waals surface area (Å²) in [7, 11) is 0. The Kier molecular flexibility index (Phi) is 5.30. The predicted octanol–water partition coefficient (Wildman–Crippen LogP) is 3.38. The molecule has 0 radical (unpaired) electrons. The molecule has 142 valence electrons. The molecule has 1 aromatic heterocycles. The van der Waals surface area contributed by atoms with Crippen molar-refractivity contribution in [3.05, 3.63) is 53.0 Å². The lowest BCUT2D eigenvalue weighted by Crippen LogP contribution is -2.26. The number of hydrogen-bond acceptors (Lipinski definition) is 4. The molecule has 0 spiro atoms. The number of anilines is 1. The van der Waals surface area contributed by atoms with E-state index in [1.54, 1.807) is 19.1 Å². The van der Waals surface area contributed by atoms with Crippen LogP contribution in [0.3, 0.4) is 0 Å². The van der Waals surface area contributed by atoms with Gasteiger partial charge >= 0.3 is 5.97 Å².